The number of halogens is 1. The summed E-state index contributed by atoms with van der Waals surface area (Å²) in [6.07, 6.45) is 2.02. The molecular weight excluding hydrogens is 427 g/mol. The number of ether oxygens (including phenoxy) is 1. The van der Waals surface area contributed by atoms with Crippen molar-refractivity contribution in [3.05, 3.63) is 94.6 Å². The van der Waals surface area contributed by atoms with Gasteiger partial charge in [-0.25, -0.2) is 14.2 Å². The van der Waals surface area contributed by atoms with Gasteiger partial charge in [0.1, 0.15) is 5.82 Å². The topological polar surface area (TPSA) is 103 Å². The van der Waals surface area contributed by atoms with Gasteiger partial charge in [-0.15, -0.1) is 0 Å². The number of aliphatic hydroxyl groups excluding tert-OH is 1. The molecule has 0 atom stereocenters. The van der Waals surface area contributed by atoms with Gasteiger partial charge in [-0.2, -0.15) is 0 Å². The molecule has 1 aromatic heterocycles. The summed E-state index contributed by atoms with van der Waals surface area (Å²) in [6.45, 7) is 1.89. The number of benzene rings is 2. The molecule has 3 rings (SSSR count). The molecule has 3 aromatic rings. The Morgan fingerprint density at radius 2 is 1.76 bits per heavy atom. The van der Waals surface area contributed by atoms with E-state index in [1.54, 1.807) is 12.1 Å². The van der Waals surface area contributed by atoms with Crippen LogP contribution >= 0.6 is 0 Å². The lowest BCUT2D eigenvalue weighted by atomic mass is 10.1. The smallest absolute Gasteiger partial charge is 0.358 e. The molecule has 1 heterocycles. The van der Waals surface area contributed by atoms with Crippen LogP contribution in [0.15, 0.2) is 60.8 Å². The Hall–Kier alpha value is -3.33. The number of aromatic hydroxyl groups is 1. The molecule has 7 nitrogen and oxygen atoms in total. The van der Waals surface area contributed by atoms with Gasteiger partial charge in [-0.1, -0.05) is 42.5 Å². The SMILES string of the molecule is O=C(O)c1ncc(CN(CCOCc2ccccc2)CCc2ccc(F)cc2)c(CO)c1O. The summed E-state index contributed by atoms with van der Waals surface area (Å²) in [5.74, 6) is -2.19. The summed E-state index contributed by atoms with van der Waals surface area (Å²) >= 11 is 0. The van der Waals surface area contributed by atoms with E-state index in [0.717, 1.165) is 11.1 Å². The number of hydrogen-bond acceptors (Lipinski definition) is 6. The van der Waals surface area contributed by atoms with Crippen molar-refractivity contribution < 1.29 is 29.2 Å². The molecule has 3 N–H and O–H groups in total. The number of carboxylic acid groups (broad SMARTS) is 1. The molecule has 0 aliphatic rings. The molecule has 8 heteroatoms. The Kier molecular flexibility index (Phi) is 8.88. The van der Waals surface area contributed by atoms with Crippen LogP contribution in [0.1, 0.15) is 32.7 Å². The molecule has 0 saturated heterocycles. The molecule has 0 aliphatic heterocycles. The predicted octanol–water partition coefficient (Wildman–Crippen LogP) is 3.38. The van der Waals surface area contributed by atoms with E-state index in [1.165, 1.54) is 18.3 Å². The van der Waals surface area contributed by atoms with Crippen molar-refractivity contribution >= 4 is 5.97 Å². The monoisotopic (exact) mass is 454 g/mol. The zero-order valence-corrected chi connectivity index (χ0v) is 18.2. The van der Waals surface area contributed by atoms with E-state index >= 15 is 0 Å². The van der Waals surface area contributed by atoms with Gasteiger partial charge in [0.25, 0.3) is 0 Å². The Morgan fingerprint density at radius 1 is 1.03 bits per heavy atom. The Morgan fingerprint density at radius 3 is 2.42 bits per heavy atom. The van der Waals surface area contributed by atoms with E-state index < -0.39 is 24.0 Å². The van der Waals surface area contributed by atoms with Crippen LogP contribution in [0.2, 0.25) is 0 Å². The fraction of sp³-hybridized carbons (Fsp3) is 0.280. The summed E-state index contributed by atoms with van der Waals surface area (Å²) in [6, 6.07) is 16.1. The van der Waals surface area contributed by atoms with Gasteiger partial charge in [0.2, 0.25) is 0 Å². The minimum Gasteiger partial charge on any atom is -0.505 e. The highest BCUT2D eigenvalue weighted by molar-refractivity contribution is 5.89. The molecule has 0 radical (unpaired) electrons. The molecule has 0 bridgehead atoms. The first-order valence-electron chi connectivity index (χ1n) is 10.6. The van der Waals surface area contributed by atoms with Crippen molar-refractivity contribution in [2.75, 3.05) is 19.7 Å². The molecule has 2 aromatic carbocycles. The molecule has 33 heavy (non-hydrogen) atoms. The van der Waals surface area contributed by atoms with Crippen LogP contribution in [0.3, 0.4) is 0 Å². The third-order valence-corrected chi connectivity index (χ3v) is 5.30. The summed E-state index contributed by atoms with van der Waals surface area (Å²) in [4.78, 5) is 17.1. The van der Waals surface area contributed by atoms with Gasteiger partial charge in [-0.05, 0) is 35.2 Å². The van der Waals surface area contributed by atoms with Crippen LogP contribution in [0.5, 0.6) is 5.75 Å². The number of carboxylic acids is 1. The van der Waals surface area contributed by atoms with Crippen molar-refractivity contribution in [3.63, 3.8) is 0 Å². The van der Waals surface area contributed by atoms with E-state index in [9.17, 15) is 19.4 Å². The number of aliphatic hydroxyl groups is 1. The summed E-state index contributed by atoms with van der Waals surface area (Å²) in [7, 11) is 0. The number of nitrogens with zero attached hydrogens (tertiary/aromatic N) is 2. The molecule has 174 valence electrons. The maximum atomic E-state index is 13.2. The molecule has 0 spiro atoms. The van der Waals surface area contributed by atoms with Crippen molar-refractivity contribution in [1.29, 1.82) is 0 Å². The van der Waals surface area contributed by atoms with E-state index in [2.05, 4.69) is 9.88 Å². The highest BCUT2D eigenvalue weighted by Gasteiger charge is 2.20. The molecular formula is C25H27FN2O5. The lowest BCUT2D eigenvalue weighted by Gasteiger charge is -2.24. The number of rotatable bonds is 12. The van der Waals surface area contributed by atoms with Gasteiger partial charge in [0, 0.05) is 31.4 Å². The van der Waals surface area contributed by atoms with E-state index in [4.69, 9.17) is 9.84 Å². The highest BCUT2D eigenvalue weighted by Crippen LogP contribution is 2.25. The van der Waals surface area contributed by atoms with E-state index in [1.807, 2.05) is 30.3 Å². The van der Waals surface area contributed by atoms with Crippen LogP contribution in [0.4, 0.5) is 4.39 Å². The second-order valence-corrected chi connectivity index (χ2v) is 7.61. The average Bonchev–Trinajstić information content (AvgIpc) is 2.81. The lowest BCUT2D eigenvalue weighted by molar-refractivity contribution is 0.0686. The standard InChI is InChI=1S/C25H27FN2O5/c26-21-8-6-18(7-9-21)10-11-28(12-13-33-17-19-4-2-1-3-5-19)15-20-14-27-23(25(31)32)24(30)22(20)16-29/h1-9,14,29-30H,10-13,15-17H2,(H,31,32). The van der Waals surface area contributed by atoms with E-state index in [-0.39, 0.29) is 11.4 Å². The maximum absolute atomic E-state index is 13.2. The minimum atomic E-state index is -1.36. The fourth-order valence-electron chi connectivity index (χ4n) is 3.45. The van der Waals surface area contributed by atoms with Gasteiger partial charge in [0.05, 0.1) is 19.8 Å². The number of aromatic nitrogens is 1. The molecule has 0 amide bonds. The zero-order valence-electron chi connectivity index (χ0n) is 18.2. The van der Waals surface area contributed by atoms with Crippen molar-refractivity contribution in [2.45, 2.75) is 26.2 Å². The average molecular weight is 454 g/mol. The third-order valence-electron chi connectivity index (χ3n) is 5.30. The number of aromatic carboxylic acids is 1. The van der Waals surface area contributed by atoms with Crippen LogP contribution < -0.4 is 0 Å². The van der Waals surface area contributed by atoms with Gasteiger partial charge < -0.3 is 20.1 Å². The van der Waals surface area contributed by atoms with Gasteiger partial charge >= 0.3 is 5.97 Å². The van der Waals surface area contributed by atoms with Crippen LogP contribution in [-0.2, 0) is 30.9 Å². The van der Waals surface area contributed by atoms with Crippen molar-refractivity contribution in [2.24, 2.45) is 0 Å². The van der Waals surface area contributed by atoms with Gasteiger partial charge in [-0.3, -0.25) is 4.90 Å². The first-order valence-corrected chi connectivity index (χ1v) is 10.6. The maximum Gasteiger partial charge on any atom is 0.358 e. The predicted molar refractivity (Wildman–Crippen MR) is 120 cm³/mol. The second kappa shape index (κ2) is 12.1. The first-order chi connectivity index (χ1) is 16.0. The Labute approximate surface area is 191 Å². The summed E-state index contributed by atoms with van der Waals surface area (Å²) in [5.41, 5.74) is 2.21. The fourth-order valence-corrected chi connectivity index (χ4v) is 3.45. The van der Waals surface area contributed by atoms with Crippen LogP contribution in [0.25, 0.3) is 0 Å². The zero-order chi connectivity index (χ0) is 23.6. The molecule has 0 unspecified atom stereocenters. The van der Waals surface area contributed by atoms with Crippen molar-refractivity contribution in [3.8, 4) is 5.75 Å². The third kappa shape index (κ3) is 7.08. The number of carbonyl (C=O) groups is 1. The molecule has 0 saturated carbocycles. The molecule has 0 fully saturated rings. The first kappa shape index (κ1) is 24.3. The molecule has 0 aliphatic carbocycles. The van der Waals surface area contributed by atoms with Crippen LogP contribution in [0, 0.1) is 5.82 Å². The Balaban J connectivity index is 1.69. The quantitative estimate of drug-likeness (QED) is 0.361. The lowest BCUT2D eigenvalue weighted by Crippen LogP contribution is -2.30. The van der Waals surface area contributed by atoms with Gasteiger partial charge in [0.15, 0.2) is 11.4 Å². The largest absolute Gasteiger partial charge is 0.505 e. The summed E-state index contributed by atoms with van der Waals surface area (Å²) in [5, 5.41) is 29.1. The second-order valence-electron chi connectivity index (χ2n) is 7.61. The minimum absolute atomic E-state index is 0.138. The highest BCUT2D eigenvalue weighted by atomic mass is 19.1. The van der Waals surface area contributed by atoms with Crippen LogP contribution in [-0.4, -0.2) is 50.9 Å². The normalized spacial score (nSPS) is 11.1. The summed E-state index contributed by atoms with van der Waals surface area (Å²) < 4.78 is 19.0. The van der Waals surface area contributed by atoms with Crippen molar-refractivity contribution in [1.82, 2.24) is 9.88 Å². The van der Waals surface area contributed by atoms with E-state index in [0.29, 0.717) is 44.8 Å². The number of hydrogen-bond donors (Lipinski definition) is 3. The Bertz CT molecular complexity index is 1040. The number of pyridine rings is 1.